The number of aromatic nitrogens is 3. The summed E-state index contributed by atoms with van der Waals surface area (Å²) in [6.07, 6.45) is 1.80. The number of aliphatic hydroxyl groups excluding tert-OH is 1. The van der Waals surface area contributed by atoms with Crippen molar-refractivity contribution in [1.29, 1.82) is 0 Å². The highest BCUT2D eigenvalue weighted by Crippen LogP contribution is 2.27. The van der Waals surface area contributed by atoms with Gasteiger partial charge in [-0.1, -0.05) is 11.6 Å². The van der Waals surface area contributed by atoms with E-state index in [2.05, 4.69) is 15.0 Å². The van der Waals surface area contributed by atoms with Crippen LogP contribution in [0.1, 0.15) is 17.5 Å². The second-order valence-corrected chi connectivity index (χ2v) is 4.05. The topological polar surface area (TPSA) is 77.4 Å². The lowest BCUT2D eigenvalue weighted by Gasteiger charge is -2.13. The third-order valence-electron chi connectivity index (χ3n) is 2.44. The van der Waals surface area contributed by atoms with E-state index in [1.165, 1.54) is 26.6 Å². The third kappa shape index (κ3) is 2.91. The van der Waals surface area contributed by atoms with E-state index < -0.39 is 6.10 Å². The number of halogens is 1. The van der Waals surface area contributed by atoms with E-state index in [1.807, 2.05) is 0 Å². The molecule has 6 nitrogen and oxygen atoms in total. The van der Waals surface area contributed by atoms with Crippen molar-refractivity contribution in [2.24, 2.45) is 0 Å². The van der Waals surface area contributed by atoms with Crippen LogP contribution in [0, 0.1) is 0 Å². The van der Waals surface area contributed by atoms with E-state index >= 15 is 0 Å². The highest BCUT2D eigenvalue weighted by molar-refractivity contribution is 6.30. The third-order valence-corrected chi connectivity index (χ3v) is 2.66. The molecule has 1 N–H and O–H groups in total. The second kappa shape index (κ2) is 5.81. The Kier molecular flexibility index (Phi) is 4.13. The van der Waals surface area contributed by atoms with Crippen LogP contribution in [0.5, 0.6) is 11.8 Å². The molecule has 1 unspecified atom stereocenters. The lowest BCUT2D eigenvalue weighted by Crippen LogP contribution is -2.08. The van der Waals surface area contributed by atoms with Gasteiger partial charge in [-0.2, -0.15) is 4.98 Å². The van der Waals surface area contributed by atoms with Gasteiger partial charge in [0, 0.05) is 6.20 Å². The molecule has 0 bridgehead atoms. The number of aliphatic hydroxyl groups is 1. The highest BCUT2D eigenvalue weighted by Gasteiger charge is 2.20. The summed E-state index contributed by atoms with van der Waals surface area (Å²) < 4.78 is 10.0. The first-order chi connectivity index (χ1) is 9.15. The molecule has 0 fully saturated rings. The van der Waals surface area contributed by atoms with Gasteiger partial charge in [0.2, 0.25) is 11.8 Å². The van der Waals surface area contributed by atoms with E-state index in [9.17, 15) is 5.11 Å². The Morgan fingerprint density at radius 2 is 1.95 bits per heavy atom. The summed E-state index contributed by atoms with van der Waals surface area (Å²) in [6.45, 7) is 0. The van der Waals surface area contributed by atoms with Crippen molar-refractivity contribution >= 4 is 11.6 Å². The Hall–Kier alpha value is -1.92. The lowest BCUT2D eigenvalue weighted by molar-refractivity contribution is 0.202. The van der Waals surface area contributed by atoms with Gasteiger partial charge in [0.05, 0.1) is 31.1 Å². The number of hydrogen-bond donors (Lipinski definition) is 1. The van der Waals surface area contributed by atoms with Crippen LogP contribution < -0.4 is 9.47 Å². The van der Waals surface area contributed by atoms with Crippen LogP contribution in [0.25, 0.3) is 0 Å². The van der Waals surface area contributed by atoms with Crippen molar-refractivity contribution in [2.75, 3.05) is 14.2 Å². The van der Waals surface area contributed by atoms with E-state index in [0.29, 0.717) is 16.6 Å². The predicted molar refractivity (Wildman–Crippen MR) is 68.4 cm³/mol. The van der Waals surface area contributed by atoms with Crippen molar-refractivity contribution in [1.82, 2.24) is 15.0 Å². The van der Waals surface area contributed by atoms with Crippen molar-refractivity contribution in [3.8, 4) is 11.8 Å². The van der Waals surface area contributed by atoms with Gasteiger partial charge in [0.25, 0.3) is 0 Å². The van der Waals surface area contributed by atoms with Gasteiger partial charge < -0.3 is 14.6 Å². The van der Waals surface area contributed by atoms with Gasteiger partial charge in [-0.05, 0) is 12.1 Å². The summed E-state index contributed by atoms with van der Waals surface area (Å²) in [5, 5.41) is 10.7. The quantitative estimate of drug-likeness (QED) is 0.918. The monoisotopic (exact) mass is 281 g/mol. The maximum absolute atomic E-state index is 10.2. The minimum atomic E-state index is -1.05. The van der Waals surface area contributed by atoms with Gasteiger partial charge in [-0.25, -0.2) is 4.98 Å². The Labute approximate surface area is 115 Å². The molecule has 7 heteroatoms. The van der Waals surface area contributed by atoms with E-state index in [0.717, 1.165) is 0 Å². The summed E-state index contributed by atoms with van der Waals surface area (Å²) in [5.41, 5.74) is 0.667. The molecule has 0 aliphatic carbocycles. The molecule has 0 aliphatic heterocycles. The van der Waals surface area contributed by atoms with Crippen molar-refractivity contribution in [3.05, 3.63) is 40.9 Å². The molecule has 2 rings (SSSR count). The fourth-order valence-corrected chi connectivity index (χ4v) is 1.60. The fourth-order valence-electron chi connectivity index (χ4n) is 1.49. The molecular formula is C12H12ClN3O3. The first kappa shape index (κ1) is 13.5. The standard InChI is InChI=1S/C12H12ClN3O3/c1-18-9-6-15-10(12(16-9)19-2)11(17)8-4-3-7(13)5-14-8/h3-6,11,17H,1-2H3. The molecule has 2 aromatic heterocycles. The zero-order valence-corrected chi connectivity index (χ0v) is 11.1. The molecule has 100 valence electrons. The number of methoxy groups -OCH3 is 2. The molecule has 0 saturated heterocycles. The van der Waals surface area contributed by atoms with E-state index in [1.54, 1.807) is 12.1 Å². The minimum Gasteiger partial charge on any atom is -0.480 e. The Morgan fingerprint density at radius 1 is 1.16 bits per heavy atom. The van der Waals surface area contributed by atoms with Crippen LogP contribution in [0.2, 0.25) is 5.02 Å². The average Bonchev–Trinajstić information content (AvgIpc) is 2.46. The van der Waals surface area contributed by atoms with Crippen LogP contribution in [0.15, 0.2) is 24.5 Å². The molecule has 0 amide bonds. The fraction of sp³-hybridized carbons (Fsp3) is 0.250. The summed E-state index contributed by atoms with van der Waals surface area (Å²) >= 11 is 5.75. The molecule has 19 heavy (non-hydrogen) atoms. The van der Waals surface area contributed by atoms with Crippen LogP contribution in [-0.2, 0) is 0 Å². The molecule has 0 aromatic carbocycles. The normalized spacial score (nSPS) is 12.0. The number of nitrogens with zero attached hydrogens (tertiary/aromatic N) is 3. The number of pyridine rings is 1. The van der Waals surface area contributed by atoms with Crippen LogP contribution in [0.4, 0.5) is 0 Å². The first-order valence-corrected chi connectivity index (χ1v) is 5.78. The maximum Gasteiger partial charge on any atom is 0.241 e. The Morgan fingerprint density at radius 3 is 2.53 bits per heavy atom. The van der Waals surface area contributed by atoms with Crippen LogP contribution >= 0.6 is 11.6 Å². The van der Waals surface area contributed by atoms with Crippen molar-refractivity contribution < 1.29 is 14.6 Å². The highest BCUT2D eigenvalue weighted by atomic mass is 35.5. The number of rotatable bonds is 4. The van der Waals surface area contributed by atoms with Gasteiger partial charge in [-0.15, -0.1) is 0 Å². The van der Waals surface area contributed by atoms with Gasteiger partial charge in [-0.3, -0.25) is 4.98 Å². The van der Waals surface area contributed by atoms with E-state index in [4.69, 9.17) is 21.1 Å². The zero-order valence-electron chi connectivity index (χ0n) is 10.4. The molecule has 0 aliphatic rings. The Balaban J connectivity index is 2.37. The molecule has 0 radical (unpaired) electrons. The minimum absolute atomic E-state index is 0.184. The summed E-state index contributed by atoms with van der Waals surface area (Å²) in [4.78, 5) is 12.2. The molecule has 1 atom stereocenters. The van der Waals surface area contributed by atoms with Crippen molar-refractivity contribution in [2.45, 2.75) is 6.10 Å². The predicted octanol–water partition coefficient (Wildman–Crippen LogP) is 1.62. The molecular weight excluding hydrogens is 270 g/mol. The van der Waals surface area contributed by atoms with Gasteiger partial charge in [0.15, 0.2) is 0 Å². The van der Waals surface area contributed by atoms with Gasteiger partial charge in [0.1, 0.15) is 11.8 Å². The van der Waals surface area contributed by atoms with E-state index in [-0.39, 0.29) is 11.6 Å². The zero-order chi connectivity index (χ0) is 13.8. The van der Waals surface area contributed by atoms with Crippen molar-refractivity contribution in [3.63, 3.8) is 0 Å². The molecule has 2 aromatic rings. The van der Waals surface area contributed by atoms with Crippen LogP contribution in [-0.4, -0.2) is 34.3 Å². The molecule has 2 heterocycles. The lowest BCUT2D eigenvalue weighted by atomic mass is 10.1. The average molecular weight is 282 g/mol. The largest absolute Gasteiger partial charge is 0.480 e. The SMILES string of the molecule is COc1cnc(C(O)c2ccc(Cl)cn2)c(OC)n1. The second-order valence-electron chi connectivity index (χ2n) is 3.61. The Bertz CT molecular complexity index is 563. The molecule has 0 spiro atoms. The van der Waals surface area contributed by atoms with Crippen LogP contribution in [0.3, 0.4) is 0 Å². The number of ether oxygens (including phenoxy) is 2. The smallest absolute Gasteiger partial charge is 0.241 e. The summed E-state index contributed by atoms with van der Waals surface area (Å²) in [5.74, 6) is 0.487. The number of hydrogen-bond acceptors (Lipinski definition) is 6. The summed E-state index contributed by atoms with van der Waals surface area (Å²) in [7, 11) is 2.91. The molecule has 0 saturated carbocycles. The maximum atomic E-state index is 10.2. The summed E-state index contributed by atoms with van der Waals surface area (Å²) in [6, 6.07) is 3.24. The van der Waals surface area contributed by atoms with Gasteiger partial charge >= 0.3 is 0 Å². The first-order valence-electron chi connectivity index (χ1n) is 5.40.